The van der Waals surface area contributed by atoms with Crippen molar-refractivity contribution in [1.82, 2.24) is 10.6 Å². The number of hydrogen-bond donors (Lipinski definition) is 2. The van der Waals surface area contributed by atoms with E-state index >= 15 is 0 Å². The SMILES string of the molecule is CCc1ccc(C(C)C(=O)NCCNCCOC)cc1.Cl. The first kappa shape index (κ1) is 19.9. The fraction of sp³-hybridized carbons (Fsp3) is 0.562. The van der Waals surface area contributed by atoms with Crippen LogP contribution in [0.15, 0.2) is 24.3 Å². The summed E-state index contributed by atoms with van der Waals surface area (Å²) >= 11 is 0. The van der Waals surface area contributed by atoms with Crippen LogP contribution in [-0.4, -0.2) is 39.3 Å². The van der Waals surface area contributed by atoms with E-state index in [4.69, 9.17) is 4.74 Å². The van der Waals surface area contributed by atoms with Gasteiger partial charge in [-0.15, -0.1) is 12.4 Å². The Morgan fingerprint density at radius 3 is 2.43 bits per heavy atom. The van der Waals surface area contributed by atoms with Crippen molar-refractivity contribution in [2.75, 3.05) is 33.4 Å². The Balaban J connectivity index is 0.00000400. The van der Waals surface area contributed by atoms with Crippen molar-refractivity contribution in [1.29, 1.82) is 0 Å². The second-order valence-corrected chi connectivity index (χ2v) is 4.85. The Bertz CT molecular complexity index is 396. The molecule has 1 atom stereocenters. The monoisotopic (exact) mass is 314 g/mol. The minimum Gasteiger partial charge on any atom is -0.383 e. The first-order valence-corrected chi connectivity index (χ1v) is 7.25. The summed E-state index contributed by atoms with van der Waals surface area (Å²) in [5, 5.41) is 6.14. The van der Waals surface area contributed by atoms with Crippen LogP contribution in [0.25, 0.3) is 0 Å². The highest BCUT2D eigenvalue weighted by molar-refractivity contribution is 5.85. The van der Waals surface area contributed by atoms with E-state index in [0.29, 0.717) is 13.2 Å². The number of hydrogen-bond acceptors (Lipinski definition) is 3. The van der Waals surface area contributed by atoms with E-state index in [9.17, 15) is 4.79 Å². The number of halogens is 1. The average molecular weight is 315 g/mol. The third kappa shape index (κ3) is 7.46. The van der Waals surface area contributed by atoms with Crippen LogP contribution in [0.5, 0.6) is 0 Å². The van der Waals surface area contributed by atoms with Gasteiger partial charge in [0, 0.05) is 26.7 Å². The number of carbonyl (C=O) groups excluding carboxylic acids is 1. The van der Waals surface area contributed by atoms with Crippen molar-refractivity contribution in [2.24, 2.45) is 0 Å². The maximum atomic E-state index is 12.0. The van der Waals surface area contributed by atoms with Crippen LogP contribution < -0.4 is 10.6 Å². The molecule has 2 N–H and O–H groups in total. The Hall–Kier alpha value is -1.10. The first-order chi connectivity index (χ1) is 9.69. The van der Waals surface area contributed by atoms with E-state index in [1.807, 2.05) is 19.1 Å². The number of ether oxygens (including phenoxy) is 1. The molecular weight excluding hydrogens is 288 g/mol. The van der Waals surface area contributed by atoms with Gasteiger partial charge in [0.1, 0.15) is 0 Å². The van der Waals surface area contributed by atoms with Crippen LogP contribution in [0.4, 0.5) is 0 Å². The smallest absolute Gasteiger partial charge is 0.227 e. The Labute approximate surface area is 134 Å². The van der Waals surface area contributed by atoms with Gasteiger partial charge in [0.15, 0.2) is 0 Å². The fourth-order valence-electron chi connectivity index (χ4n) is 1.92. The van der Waals surface area contributed by atoms with Gasteiger partial charge in [-0.1, -0.05) is 31.2 Å². The molecule has 0 fully saturated rings. The number of amides is 1. The molecule has 0 radical (unpaired) electrons. The number of aryl methyl sites for hydroxylation is 1. The van der Waals surface area contributed by atoms with Crippen LogP contribution in [0, 0.1) is 0 Å². The molecule has 0 aliphatic rings. The zero-order valence-corrected chi connectivity index (χ0v) is 14.0. The topological polar surface area (TPSA) is 50.4 Å². The molecule has 0 spiro atoms. The minimum absolute atomic E-state index is 0. The maximum Gasteiger partial charge on any atom is 0.227 e. The number of benzene rings is 1. The molecule has 0 saturated carbocycles. The van der Waals surface area contributed by atoms with Crippen molar-refractivity contribution in [2.45, 2.75) is 26.2 Å². The standard InChI is InChI=1S/C16H26N2O2.ClH/c1-4-14-5-7-15(8-6-14)13(2)16(19)18-10-9-17-11-12-20-3;/h5-8,13,17H,4,9-12H2,1-3H3,(H,18,19);1H. The predicted octanol–water partition coefficient (Wildman–Crippen LogP) is 2.13. The lowest BCUT2D eigenvalue weighted by molar-refractivity contribution is -0.122. The Morgan fingerprint density at radius 2 is 1.86 bits per heavy atom. The zero-order valence-electron chi connectivity index (χ0n) is 13.1. The number of methoxy groups -OCH3 is 1. The summed E-state index contributed by atoms with van der Waals surface area (Å²) in [5.41, 5.74) is 2.36. The minimum atomic E-state index is -0.111. The molecule has 1 aromatic carbocycles. The second-order valence-electron chi connectivity index (χ2n) is 4.85. The normalized spacial score (nSPS) is 11.6. The third-order valence-corrected chi connectivity index (χ3v) is 3.37. The van der Waals surface area contributed by atoms with Crippen LogP contribution >= 0.6 is 12.4 Å². The molecule has 120 valence electrons. The summed E-state index contributed by atoms with van der Waals surface area (Å²) in [6.07, 6.45) is 1.02. The van der Waals surface area contributed by atoms with E-state index in [-0.39, 0.29) is 24.2 Å². The molecule has 1 rings (SSSR count). The van der Waals surface area contributed by atoms with Gasteiger partial charge in [0.2, 0.25) is 5.91 Å². The molecule has 0 bridgehead atoms. The van der Waals surface area contributed by atoms with E-state index in [2.05, 4.69) is 29.7 Å². The van der Waals surface area contributed by atoms with Gasteiger partial charge in [-0.3, -0.25) is 4.79 Å². The van der Waals surface area contributed by atoms with Crippen LogP contribution in [-0.2, 0) is 16.0 Å². The quantitative estimate of drug-likeness (QED) is 0.687. The van der Waals surface area contributed by atoms with Gasteiger partial charge in [-0.2, -0.15) is 0 Å². The zero-order chi connectivity index (χ0) is 14.8. The molecule has 0 aromatic heterocycles. The van der Waals surface area contributed by atoms with Gasteiger partial charge in [-0.05, 0) is 24.5 Å². The van der Waals surface area contributed by atoms with Crippen molar-refractivity contribution < 1.29 is 9.53 Å². The van der Waals surface area contributed by atoms with Gasteiger partial charge < -0.3 is 15.4 Å². The van der Waals surface area contributed by atoms with Gasteiger partial charge in [0.05, 0.1) is 12.5 Å². The van der Waals surface area contributed by atoms with Crippen molar-refractivity contribution in [3.63, 3.8) is 0 Å². The molecule has 1 aromatic rings. The first-order valence-electron chi connectivity index (χ1n) is 7.25. The van der Waals surface area contributed by atoms with Gasteiger partial charge >= 0.3 is 0 Å². The average Bonchev–Trinajstić information content (AvgIpc) is 2.50. The summed E-state index contributed by atoms with van der Waals surface area (Å²) < 4.78 is 4.93. The van der Waals surface area contributed by atoms with Crippen molar-refractivity contribution in [3.05, 3.63) is 35.4 Å². The van der Waals surface area contributed by atoms with Crippen LogP contribution in [0.3, 0.4) is 0 Å². The molecular formula is C16H27ClN2O2. The van der Waals surface area contributed by atoms with Gasteiger partial charge in [0.25, 0.3) is 0 Å². The highest BCUT2D eigenvalue weighted by Crippen LogP contribution is 2.16. The van der Waals surface area contributed by atoms with E-state index < -0.39 is 0 Å². The Morgan fingerprint density at radius 1 is 1.19 bits per heavy atom. The van der Waals surface area contributed by atoms with Crippen molar-refractivity contribution >= 4 is 18.3 Å². The lowest BCUT2D eigenvalue weighted by atomic mass is 9.98. The Kier molecular flexibility index (Phi) is 10.9. The second kappa shape index (κ2) is 11.5. The van der Waals surface area contributed by atoms with E-state index in [1.165, 1.54) is 5.56 Å². The molecule has 4 nitrogen and oxygen atoms in total. The highest BCUT2D eigenvalue weighted by Gasteiger charge is 2.14. The lowest BCUT2D eigenvalue weighted by Crippen LogP contribution is -2.35. The number of carbonyl (C=O) groups is 1. The lowest BCUT2D eigenvalue weighted by Gasteiger charge is -2.13. The van der Waals surface area contributed by atoms with E-state index in [1.54, 1.807) is 7.11 Å². The third-order valence-electron chi connectivity index (χ3n) is 3.37. The summed E-state index contributed by atoms with van der Waals surface area (Å²) in [6, 6.07) is 8.26. The van der Waals surface area contributed by atoms with E-state index in [0.717, 1.165) is 25.1 Å². The molecule has 1 amide bonds. The maximum absolute atomic E-state index is 12.0. The summed E-state index contributed by atoms with van der Waals surface area (Å²) in [4.78, 5) is 12.0. The molecule has 1 unspecified atom stereocenters. The molecule has 0 aliphatic carbocycles. The molecule has 5 heteroatoms. The summed E-state index contributed by atoms with van der Waals surface area (Å²) in [6.45, 7) is 6.96. The molecule has 0 aliphatic heterocycles. The largest absolute Gasteiger partial charge is 0.383 e. The summed E-state index contributed by atoms with van der Waals surface area (Å²) in [5.74, 6) is -0.0392. The summed E-state index contributed by atoms with van der Waals surface area (Å²) in [7, 11) is 1.68. The van der Waals surface area contributed by atoms with Crippen molar-refractivity contribution in [3.8, 4) is 0 Å². The van der Waals surface area contributed by atoms with Crippen LogP contribution in [0.2, 0.25) is 0 Å². The molecule has 0 heterocycles. The van der Waals surface area contributed by atoms with Gasteiger partial charge in [-0.25, -0.2) is 0 Å². The molecule has 0 saturated heterocycles. The highest BCUT2D eigenvalue weighted by atomic mass is 35.5. The number of nitrogens with one attached hydrogen (secondary N) is 2. The predicted molar refractivity (Wildman–Crippen MR) is 89.2 cm³/mol. The molecule has 21 heavy (non-hydrogen) atoms. The fourth-order valence-corrected chi connectivity index (χ4v) is 1.92. The number of rotatable bonds is 9. The van der Waals surface area contributed by atoms with Crippen LogP contribution in [0.1, 0.15) is 30.9 Å².